The number of carbonyl (C=O) groups is 1. The van der Waals surface area contributed by atoms with Crippen molar-refractivity contribution in [2.75, 3.05) is 0 Å². The number of aliphatic carboxylic acids is 1. The fraction of sp³-hybridized carbons (Fsp3) is 0.333. The molecule has 0 aliphatic heterocycles. The smallest absolute Gasteiger partial charge is 0.433 e. The van der Waals surface area contributed by atoms with Crippen molar-refractivity contribution in [2.24, 2.45) is 0 Å². The van der Waals surface area contributed by atoms with Gasteiger partial charge in [-0.3, -0.25) is 9.78 Å². The van der Waals surface area contributed by atoms with Crippen molar-refractivity contribution < 1.29 is 31.9 Å². The van der Waals surface area contributed by atoms with E-state index in [-0.39, 0.29) is 0 Å². The van der Waals surface area contributed by atoms with Crippen LogP contribution in [0.4, 0.5) is 22.0 Å². The number of carboxylic acids is 1. The van der Waals surface area contributed by atoms with E-state index in [0.29, 0.717) is 6.20 Å². The van der Waals surface area contributed by atoms with Crippen LogP contribution in [0, 0.1) is 3.57 Å². The zero-order chi connectivity index (χ0) is 14.1. The zero-order valence-electron chi connectivity index (χ0n) is 8.43. The molecule has 9 heteroatoms. The van der Waals surface area contributed by atoms with Crippen molar-refractivity contribution in [2.45, 2.75) is 19.0 Å². The molecule has 0 spiro atoms. The molecule has 0 fully saturated rings. The van der Waals surface area contributed by atoms with E-state index in [2.05, 4.69) is 4.98 Å². The molecule has 0 saturated carbocycles. The van der Waals surface area contributed by atoms with Gasteiger partial charge in [0.15, 0.2) is 0 Å². The molecule has 0 bridgehead atoms. The highest BCUT2D eigenvalue weighted by Crippen LogP contribution is 2.35. The Morgan fingerprint density at radius 2 is 2.00 bits per heavy atom. The molecule has 0 aliphatic rings. The second-order valence-corrected chi connectivity index (χ2v) is 4.30. The molecular weight excluding hydrogens is 376 g/mol. The van der Waals surface area contributed by atoms with E-state index >= 15 is 0 Å². The van der Waals surface area contributed by atoms with Gasteiger partial charge in [0.05, 0.1) is 6.42 Å². The summed E-state index contributed by atoms with van der Waals surface area (Å²) in [5.41, 5.74) is -2.90. The van der Waals surface area contributed by atoms with E-state index in [4.69, 9.17) is 5.11 Å². The van der Waals surface area contributed by atoms with Crippen LogP contribution >= 0.6 is 22.6 Å². The van der Waals surface area contributed by atoms with Crippen LogP contribution < -0.4 is 0 Å². The maximum absolute atomic E-state index is 12.6. The minimum atomic E-state index is -4.88. The maximum atomic E-state index is 12.6. The van der Waals surface area contributed by atoms with Crippen molar-refractivity contribution >= 4 is 28.6 Å². The van der Waals surface area contributed by atoms with Gasteiger partial charge in [0, 0.05) is 20.9 Å². The second kappa shape index (κ2) is 5.33. The molecular formula is C9H5F5INO2. The Morgan fingerprint density at radius 3 is 2.39 bits per heavy atom. The summed E-state index contributed by atoms with van der Waals surface area (Å²) in [6.07, 6.45) is -8.49. The number of halogens is 6. The lowest BCUT2D eigenvalue weighted by Gasteiger charge is -2.14. The number of hydrogen-bond acceptors (Lipinski definition) is 2. The molecule has 0 aliphatic carbocycles. The summed E-state index contributed by atoms with van der Waals surface area (Å²) in [4.78, 5) is 13.4. The number of alkyl halides is 5. The fourth-order valence-electron chi connectivity index (χ4n) is 1.26. The lowest BCUT2D eigenvalue weighted by Crippen LogP contribution is -2.17. The van der Waals surface area contributed by atoms with Gasteiger partial charge in [-0.2, -0.15) is 13.2 Å². The second-order valence-electron chi connectivity index (χ2n) is 3.22. The van der Waals surface area contributed by atoms with Crippen LogP contribution in [-0.2, 0) is 17.4 Å². The lowest BCUT2D eigenvalue weighted by molar-refractivity contribution is -0.142. The average molecular weight is 381 g/mol. The van der Waals surface area contributed by atoms with Gasteiger partial charge in [0.2, 0.25) is 0 Å². The number of nitrogens with zero attached hydrogens (tertiary/aromatic N) is 1. The van der Waals surface area contributed by atoms with Gasteiger partial charge in [0.25, 0.3) is 6.43 Å². The molecule has 0 saturated heterocycles. The van der Waals surface area contributed by atoms with Gasteiger partial charge in [-0.25, -0.2) is 8.78 Å². The largest absolute Gasteiger partial charge is 0.481 e. The predicted molar refractivity (Wildman–Crippen MR) is 58.3 cm³/mol. The van der Waals surface area contributed by atoms with Crippen molar-refractivity contribution in [1.29, 1.82) is 0 Å². The Bertz CT molecular complexity index is 475. The molecule has 1 heterocycles. The lowest BCUT2D eigenvalue weighted by atomic mass is 10.1. The van der Waals surface area contributed by atoms with E-state index < -0.39 is 45.4 Å². The summed E-state index contributed by atoms with van der Waals surface area (Å²) >= 11 is 1.27. The molecule has 18 heavy (non-hydrogen) atoms. The van der Waals surface area contributed by atoms with Crippen LogP contribution in [0.15, 0.2) is 6.20 Å². The summed E-state index contributed by atoms with van der Waals surface area (Å²) in [7, 11) is 0. The third-order valence-electron chi connectivity index (χ3n) is 1.97. The Balaban J connectivity index is 3.46. The monoisotopic (exact) mass is 381 g/mol. The summed E-state index contributed by atoms with van der Waals surface area (Å²) in [5.74, 6) is -1.55. The Labute approximate surface area is 111 Å². The predicted octanol–water partition coefficient (Wildman–Crippen LogP) is 3.27. The third-order valence-corrected chi connectivity index (χ3v) is 3.24. The third kappa shape index (κ3) is 3.27. The van der Waals surface area contributed by atoms with Crippen molar-refractivity contribution in [3.05, 3.63) is 26.6 Å². The van der Waals surface area contributed by atoms with Crippen molar-refractivity contribution in [3.63, 3.8) is 0 Å². The Morgan fingerprint density at radius 1 is 1.44 bits per heavy atom. The highest BCUT2D eigenvalue weighted by molar-refractivity contribution is 14.1. The van der Waals surface area contributed by atoms with E-state index in [0.717, 1.165) is 0 Å². The van der Waals surface area contributed by atoms with Gasteiger partial charge in [0.1, 0.15) is 5.69 Å². The molecule has 1 aromatic heterocycles. The maximum Gasteiger partial charge on any atom is 0.433 e. The molecule has 100 valence electrons. The van der Waals surface area contributed by atoms with Crippen molar-refractivity contribution in [3.8, 4) is 0 Å². The summed E-state index contributed by atoms with van der Waals surface area (Å²) in [5, 5.41) is 8.53. The number of hydrogen-bond donors (Lipinski definition) is 1. The molecule has 3 nitrogen and oxygen atoms in total. The molecule has 0 aromatic carbocycles. The van der Waals surface area contributed by atoms with Gasteiger partial charge in [-0.15, -0.1) is 0 Å². The van der Waals surface area contributed by atoms with Gasteiger partial charge in [-0.1, -0.05) is 0 Å². The number of pyridine rings is 1. The zero-order valence-corrected chi connectivity index (χ0v) is 10.6. The normalized spacial score (nSPS) is 11.9. The molecule has 1 rings (SSSR count). The average Bonchev–Trinajstić information content (AvgIpc) is 2.17. The van der Waals surface area contributed by atoms with E-state index in [1.807, 2.05) is 0 Å². The first-order chi connectivity index (χ1) is 8.14. The molecule has 1 aromatic rings. The van der Waals surface area contributed by atoms with Crippen LogP contribution in [-0.4, -0.2) is 16.1 Å². The van der Waals surface area contributed by atoms with Gasteiger partial charge >= 0.3 is 12.1 Å². The van der Waals surface area contributed by atoms with Gasteiger partial charge in [-0.05, 0) is 22.6 Å². The summed E-state index contributed by atoms with van der Waals surface area (Å²) < 4.78 is 62.3. The van der Waals surface area contributed by atoms with Crippen LogP contribution in [0.25, 0.3) is 0 Å². The fourth-order valence-corrected chi connectivity index (χ4v) is 2.08. The summed E-state index contributed by atoms with van der Waals surface area (Å²) in [6.45, 7) is 0. The first-order valence-corrected chi connectivity index (χ1v) is 5.47. The standard InChI is InChI=1S/C9H5F5INO2/c10-8(11)4-2-16-7(9(12,13)14)3(6(4)15)1-5(17)18/h2,8H,1H2,(H,17,18). The topological polar surface area (TPSA) is 50.2 Å². The summed E-state index contributed by atoms with van der Waals surface area (Å²) in [6, 6.07) is 0. The molecule has 0 unspecified atom stereocenters. The van der Waals surface area contributed by atoms with Gasteiger partial charge < -0.3 is 5.11 Å². The Hall–Kier alpha value is -1.00. The molecule has 0 amide bonds. The molecule has 0 atom stereocenters. The first kappa shape index (κ1) is 15.1. The van der Waals surface area contributed by atoms with Crippen LogP contribution in [0.5, 0.6) is 0 Å². The molecule has 1 N–H and O–H groups in total. The van der Waals surface area contributed by atoms with Crippen LogP contribution in [0.2, 0.25) is 0 Å². The minimum absolute atomic E-state index is 0.417. The first-order valence-electron chi connectivity index (χ1n) is 4.39. The molecule has 0 radical (unpaired) electrons. The van der Waals surface area contributed by atoms with E-state index in [1.165, 1.54) is 22.6 Å². The minimum Gasteiger partial charge on any atom is -0.481 e. The number of rotatable bonds is 3. The highest BCUT2D eigenvalue weighted by atomic mass is 127. The highest BCUT2D eigenvalue weighted by Gasteiger charge is 2.37. The quantitative estimate of drug-likeness (QED) is 0.646. The Kier molecular flexibility index (Phi) is 4.46. The van der Waals surface area contributed by atoms with Crippen LogP contribution in [0.3, 0.4) is 0 Å². The van der Waals surface area contributed by atoms with Crippen LogP contribution in [0.1, 0.15) is 23.2 Å². The van der Waals surface area contributed by atoms with Crippen molar-refractivity contribution in [1.82, 2.24) is 4.98 Å². The van der Waals surface area contributed by atoms with E-state index in [9.17, 15) is 26.7 Å². The van der Waals surface area contributed by atoms with E-state index in [1.54, 1.807) is 0 Å². The number of aromatic nitrogens is 1. The number of carboxylic acid groups (broad SMARTS) is 1. The SMILES string of the molecule is O=C(O)Cc1c(C(F)(F)F)ncc(C(F)F)c1I.